The summed E-state index contributed by atoms with van der Waals surface area (Å²) in [5.74, 6) is -0.0979. The fourth-order valence-corrected chi connectivity index (χ4v) is 3.06. The Morgan fingerprint density at radius 1 is 1.13 bits per heavy atom. The van der Waals surface area contributed by atoms with E-state index in [9.17, 15) is 14.4 Å². The molecule has 0 aliphatic rings. The molecule has 0 aliphatic heterocycles. The van der Waals surface area contributed by atoms with Crippen LogP contribution in [0.5, 0.6) is 0 Å². The number of hydrogen-bond donors (Lipinski definition) is 0. The van der Waals surface area contributed by atoms with Gasteiger partial charge in [-0.1, -0.05) is 19.8 Å². The van der Waals surface area contributed by atoms with Crippen LogP contribution in [0.15, 0.2) is 9.59 Å². The number of carbonyl (C=O) groups excluding carboxylic acids is 1. The van der Waals surface area contributed by atoms with Crippen LogP contribution in [0.4, 0.5) is 0 Å². The molecule has 0 saturated heterocycles. The van der Waals surface area contributed by atoms with Crippen LogP contribution in [0.1, 0.15) is 54.7 Å². The van der Waals surface area contributed by atoms with Crippen molar-refractivity contribution in [3.63, 3.8) is 0 Å². The molecule has 124 valence electrons. The molecule has 6 heteroatoms. The fraction of sp³-hybridized carbons (Fsp3) is 0.529. The topological polar surface area (TPSA) is 74.0 Å². The van der Waals surface area contributed by atoms with Crippen LogP contribution in [-0.4, -0.2) is 19.9 Å². The molecule has 0 bridgehead atoms. The lowest BCUT2D eigenvalue weighted by molar-refractivity contribution is 0.101. The Kier molecular flexibility index (Phi) is 4.82. The van der Waals surface area contributed by atoms with Gasteiger partial charge in [-0.25, -0.2) is 9.78 Å². The zero-order valence-corrected chi connectivity index (χ0v) is 14.4. The van der Waals surface area contributed by atoms with Gasteiger partial charge >= 0.3 is 5.69 Å². The van der Waals surface area contributed by atoms with Crippen molar-refractivity contribution in [1.29, 1.82) is 0 Å². The number of fused-ring (bicyclic) bond motifs is 1. The van der Waals surface area contributed by atoms with Crippen LogP contribution in [0.25, 0.3) is 11.0 Å². The molecule has 0 aromatic carbocycles. The van der Waals surface area contributed by atoms with E-state index in [0.717, 1.165) is 29.4 Å². The van der Waals surface area contributed by atoms with Gasteiger partial charge in [-0.2, -0.15) is 0 Å². The lowest BCUT2D eigenvalue weighted by Gasteiger charge is -2.15. The van der Waals surface area contributed by atoms with Crippen molar-refractivity contribution in [2.45, 2.75) is 46.5 Å². The van der Waals surface area contributed by atoms with Gasteiger partial charge in [0.25, 0.3) is 5.56 Å². The fourth-order valence-electron chi connectivity index (χ4n) is 3.06. The molecule has 0 atom stereocenters. The number of unbranched alkanes of at least 4 members (excludes halogenated alkanes) is 2. The lowest BCUT2D eigenvalue weighted by atomic mass is 9.95. The molecule has 2 rings (SSSR count). The third-order valence-electron chi connectivity index (χ3n) is 4.26. The quantitative estimate of drug-likeness (QED) is 0.623. The van der Waals surface area contributed by atoms with Crippen molar-refractivity contribution in [3.8, 4) is 0 Å². The molecule has 0 N–H and O–H groups in total. The number of aromatic nitrogens is 3. The number of rotatable bonds is 5. The maximum atomic E-state index is 12.6. The summed E-state index contributed by atoms with van der Waals surface area (Å²) >= 11 is 0. The van der Waals surface area contributed by atoms with Crippen LogP contribution in [0.3, 0.4) is 0 Å². The summed E-state index contributed by atoms with van der Waals surface area (Å²) in [5, 5.41) is 0.390. The molecule has 6 nitrogen and oxygen atoms in total. The number of ketones is 1. The first kappa shape index (κ1) is 17.1. The van der Waals surface area contributed by atoms with Gasteiger partial charge in [0, 0.05) is 19.7 Å². The van der Waals surface area contributed by atoms with Gasteiger partial charge in [0.2, 0.25) is 0 Å². The van der Waals surface area contributed by atoms with E-state index in [-0.39, 0.29) is 11.3 Å². The predicted molar refractivity (Wildman–Crippen MR) is 90.2 cm³/mol. The molecular formula is C17H23N3O3. The predicted octanol–water partition coefficient (Wildman–Crippen LogP) is 1.88. The maximum absolute atomic E-state index is 12.6. The number of hydrogen-bond acceptors (Lipinski definition) is 4. The van der Waals surface area contributed by atoms with E-state index in [1.165, 1.54) is 18.5 Å². The number of pyridine rings is 1. The molecule has 23 heavy (non-hydrogen) atoms. The Morgan fingerprint density at radius 3 is 2.35 bits per heavy atom. The summed E-state index contributed by atoms with van der Waals surface area (Å²) in [6.07, 6.45) is 3.59. The minimum atomic E-state index is -0.413. The van der Waals surface area contributed by atoms with Crippen molar-refractivity contribution in [2.24, 2.45) is 14.1 Å². The molecule has 0 unspecified atom stereocenters. The number of aryl methyl sites for hydroxylation is 3. The van der Waals surface area contributed by atoms with E-state index in [0.29, 0.717) is 28.7 Å². The van der Waals surface area contributed by atoms with E-state index in [2.05, 4.69) is 11.9 Å². The highest BCUT2D eigenvalue weighted by molar-refractivity contribution is 6.00. The summed E-state index contributed by atoms with van der Waals surface area (Å²) in [6, 6.07) is 0. The first-order valence-corrected chi connectivity index (χ1v) is 7.91. The summed E-state index contributed by atoms with van der Waals surface area (Å²) in [4.78, 5) is 41.2. The number of nitrogens with zero attached hydrogens (tertiary/aromatic N) is 3. The van der Waals surface area contributed by atoms with Gasteiger partial charge in [-0.15, -0.1) is 0 Å². The standard InChI is InChI=1S/C17H23N3O3/c1-6-7-8-9-12-13(11(3)21)10(2)18-15-14(12)16(22)20(5)17(23)19(15)4/h6-9H2,1-5H3. The second-order valence-electron chi connectivity index (χ2n) is 5.97. The lowest BCUT2D eigenvalue weighted by Crippen LogP contribution is -2.38. The average molecular weight is 317 g/mol. The van der Waals surface area contributed by atoms with Gasteiger partial charge < -0.3 is 0 Å². The molecule has 0 aliphatic carbocycles. The molecule has 0 spiro atoms. The molecule has 0 radical (unpaired) electrons. The van der Waals surface area contributed by atoms with Gasteiger partial charge in [-0.3, -0.25) is 18.7 Å². The van der Waals surface area contributed by atoms with Gasteiger partial charge in [0.15, 0.2) is 5.78 Å². The molecule has 0 fully saturated rings. The molecular weight excluding hydrogens is 294 g/mol. The number of carbonyl (C=O) groups is 1. The van der Waals surface area contributed by atoms with Crippen LogP contribution in [0, 0.1) is 6.92 Å². The van der Waals surface area contributed by atoms with Crippen molar-refractivity contribution in [1.82, 2.24) is 14.1 Å². The maximum Gasteiger partial charge on any atom is 0.332 e. The van der Waals surface area contributed by atoms with E-state index in [1.807, 2.05) is 0 Å². The monoisotopic (exact) mass is 317 g/mol. The second-order valence-corrected chi connectivity index (χ2v) is 5.97. The zero-order valence-electron chi connectivity index (χ0n) is 14.4. The van der Waals surface area contributed by atoms with Gasteiger partial charge in [0.05, 0.1) is 11.1 Å². The highest BCUT2D eigenvalue weighted by atomic mass is 16.2. The highest BCUT2D eigenvalue weighted by Gasteiger charge is 2.21. The minimum Gasteiger partial charge on any atom is -0.294 e. The summed E-state index contributed by atoms with van der Waals surface area (Å²) in [7, 11) is 3.05. The average Bonchev–Trinajstić information content (AvgIpc) is 2.50. The smallest absolute Gasteiger partial charge is 0.294 e. The Bertz CT molecular complexity index is 891. The van der Waals surface area contributed by atoms with Gasteiger partial charge in [-0.05, 0) is 32.3 Å². The molecule has 2 aromatic heterocycles. The van der Waals surface area contributed by atoms with Gasteiger partial charge in [0.1, 0.15) is 5.65 Å². The van der Waals surface area contributed by atoms with Crippen molar-refractivity contribution in [3.05, 3.63) is 37.7 Å². The van der Waals surface area contributed by atoms with Crippen LogP contribution in [-0.2, 0) is 20.5 Å². The van der Waals surface area contributed by atoms with Crippen LogP contribution < -0.4 is 11.2 Å². The van der Waals surface area contributed by atoms with E-state index >= 15 is 0 Å². The van der Waals surface area contributed by atoms with E-state index in [4.69, 9.17) is 0 Å². The molecule has 0 saturated carbocycles. The van der Waals surface area contributed by atoms with Crippen molar-refractivity contribution < 1.29 is 4.79 Å². The first-order valence-electron chi connectivity index (χ1n) is 7.91. The summed E-state index contributed by atoms with van der Waals surface area (Å²) in [6.45, 7) is 5.34. The Morgan fingerprint density at radius 2 is 1.78 bits per heavy atom. The zero-order chi connectivity index (χ0) is 17.3. The Labute approximate surface area is 134 Å². The largest absolute Gasteiger partial charge is 0.332 e. The summed E-state index contributed by atoms with van der Waals surface area (Å²) in [5.41, 5.74) is 1.37. The second kappa shape index (κ2) is 6.48. The normalized spacial score (nSPS) is 11.2. The summed E-state index contributed by atoms with van der Waals surface area (Å²) < 4.78 is 2.45. The number of Topliss-reactive ketones (excluding diaryl/α,β-unsaturated/α-hetero) is 1. The highest BCUT2D eigenvalue weighted by Crippen LogP contribution is 2.23. The first-order chi connectivity index (χ1) is 10.8. The Hall–Kier alpha value is -2.24. The molecule has 0 amide bonds. The van der Waals surface area contributed by atoms with Crippen molar-refractivity contribution in [2.75, 3.05) is 0 Å². The van der Waals surface area contributed by atoms with E-state index < -0.39 is 5.69 Å². The third kappa shape index (κ3) is 2.85. The third-order valence-corrected chi connectivity index (χ3v) is 4.26. The SMILES string of the molecule is CCCCCc1c(C(C)=O)c(C)nc2c1c(=O)n(C)c(=O)n2C. The van der Waals surface area contributed by atoms with Crippen molar-refractivity contribution >= 4 is 16.8 Å². The Balaban J connectivity index is 2.95. The molecule has 2 heterocycles. The minimum absolute atomic E-state index is 0.0979. The van der Waals surface area contributed by atoms with E-state index in [1.54, 1.807) is 14.0 Å². The van der Waals surface area contributed by atoms with Crippen LogP contribution in [0.2, 0.25) is 0 Å². The van der Waals surface area contributed by atoms with Crippen LogP contribution >= 0.6 is 0 Å². The molecule has 2 aromatic rings.